The van der Waals surface area contributed by atoms with Crippen LogP contribution in [0.3, 0.4) is 0 Å². The van der Waals surface area contributed by atoms with Gasteiger partial charge in [0.25, 0.3) is 0 Å². The number of oxime groups is 1. The number of carbonyl (C=O) groups is 3. The van der Waals surface area contributed by atoms with Crippen molar-refractivity contribution >= 4 is 40.5 Å². The quantitative estimate of drug-likeness (QED) is 0.294. The second kappa shape index (κ2) is 10.3. The number of aromatic nitrogens is 2. The van der Waals surface area contributed by atoms with Gasteiger partial charge in [0.15, 0.2) is 11.6 Å². The van der Waals surface area contributed by atoms with E-state index in [9.17, 15) is 24.3 Å². The van der Waals surface area contributed by atoms with Crippen LogP contribution in [0.15, 0.2) is 22.2 Å². The van der Waals surface area contributed by atoms with Gasteiger partial charge in [-0.15, -0.1) is 0 Å². The van der Waals surface area contributed by atoms with Gasteiger partial charge in [-0.05, 0) is 18.9 Å². The topological polar surface area (TPSA) is 210 Å². The fourth-order valence-corrected chi connectivity index (χ4v) is 4.51. The number of anilines is 1. The Labute approximate surface area is 214 Å². The lowest BCUT2D eigenvalue weighted by atomic mass is 9.79. The third-order valence-electron chi connectivity index (χ3n) is 6.70. The molecule has 0 amide bonds. The van der Waals surface area contributed by atoms with Crippen LogP contribution >= 0.6 is 0 Å². The van der Waals surface area contributed by atoms with Gasteiger partial charge in [-0.1, -0.05) is 5.16 Å². The molecule has 0 aromatic carbocycles. The number of carboxylic acid groups (broad SMARTS) is 3. The first-order valence-corrected chi connectivity index (χ1v) is 11.7. The van der Waals surface area contributed by atoms with Crippen LogP contribution in [0.1, 0.15) is 35.7 Å². The number of pyridine rings is 2. The Hall–Kier alpha value is -4.11. The number of carboxylic acids is 3. The number of hydrogen-bond donors (Lipinski definition) is 5. The van der Waals surface area contributed by atoms with Gasteiger partial charge in [-0.2, -0.15) is 0 Å². The van der Waals surface area contributed by atoms with Crippen molar-refractivity contribution in [2.45, 2.75) is 31.3 Å². The molecular formula is C23H27FN6O8. The van der Waals surface area contributed by atoms with Gasteiger partial charge in [0, 0.05) is 31.9 Å². The number of nitrogens with one attached hydrogen (secondary N) is 1. The second-order valence-electron chi connectivity index (χ2n) is 9.48. The lowest BCUT2D eigenvalue weighted by molar-refractivity contribution is -0.144. The minimum atomic E-state index is -1.32. The highest BCUT2D eigenvalue weighted by Crippen LogP contribution is 2.39. The first-order chi connectivity index (χ1) is 18.0. The second-order valence-corrected chi connectivity index (χ2v) is 9.48. The van der Waals surface area contributed by atoms with Crippen LogP contribution < -0.4 is 21.4 Å². The molecule has 0 bridgehead atoms. The van der Waals surface area contributed by atoms with Gasteiger partial charge < -0.3 is 40.7 Å². The zero-order valence-corrected chi connectivity index (χ0v) is 20.4. The number of nitrogens with two attached hydrogens (primary N) is 1. The molecule has 3 fully saturated rings. The zero-order valence-electron chi connectivity index (χ0n) is 20.4. The molecule has 6 N–H and O–H groups in total. The number of fused-ring (bicyclic) bond motifs is 1. The summed E-state index contributed by atoms with van der Waals surface area (Å²) < 4.78 is 16.7. The Balaban J connectivity index is 0.000000323. The molecule has 3 aliphatic rings. The van der Waals surface area contributed by atoms with Gasteiger partial charge in [0.05, 0.1) is 29.5 Å². The smallest absolute Gasteiger partial charge is 0.341 e. The van der Waals surface area contributed by atoms with Crippen molar-refractivity contribution in [3.63, 3.8) is 0 Å². The minimum absolute atomic E-state index is 0.0111. The van der Waals surface area contributed by atoms with Gasteiger partial charge in [0.1, 0.15) is 24.4 Å². The molecule has 1 unspecified atom stereocenters. The molecule has 2 aliphatic heterocycles. The molecule has 1 saturated carbocycles. The lowest BCUT2D eigenvalue weighted by Gasteiger charge is -2.38. The standard InChI is InChI=1S/C19H20FN5O4.C4H7NO4/c1-29-23-14-6-24(9-19(14)7-21-8-19)17-13(20)4-11-15(26)12(18(27)28)5-25(10-2-3-10)16(11)22-17;5-2(4(8)9)1-3(6)7/h4-5,10,21H,2-3,6-9H2,1H3,(H,27,28);2H,1,5H2,(H,6,7)(H,8,9)/b23-14+;. The van der Waals surface area contributed by atoms with Crippen LogP contribution in [-0.2, 0) is 14.4 Å². The summed E-state index contributed by atoms with van der Waals surface area (Å²) in [5, 5.41) is 32.7. The summed E-state index contributed by atoms with van der Waals surface area (Å²) in [7, 11) is 1.48. The van der Waals surface area contributed by atoms with E-state index >= 15 is 4.39 Å². The summed E-state index contributed by atoms with van der Waals surface area (Å²) in [6.07, 6.45) is 2.54. The monoisotopic (exact) mass is 534 g/mol. The van der Waals surface area contributed by atoms with Crippen molar-refractivity contribution in [1.29, 1.82) is 0 Å². The maximum atomic E-state index is 15.0. The summed E-state index contributed by atoms with van der Waals surface area (Å²) in [6, 6.07) is -0.0986. The van der Waals surface area contributed by atoms with E-state index in [0.29, 0.717) is 18.7 Å². The first-order valence-electron chi connectivity index (χ1n) is 11.7. The molecule has 38 heavy (non-hydrogen) atoms. The van der Waals surface area contributed by atoms with Crippen LogP contribution in [0.4, 0.5) is 10.2 Å². The average Bonchev–Trinajstić information content (AvgIpc) is 3.59. The van der Waals surface area contributed by atoms with E-state index in [1.807, 2.05) is 0 Å². The van der Waals surface area contributed by atoms with Crippen molar-refractivity contribution in [2.24, 2.45) is 16.3 Å². The molecule has 204 valence electrons. The van der Waals surface area contributed by atoms with E-state index in [2.05, 4.69) is 15.5 Å². The Morgan fingerprint density at radius 2 is 2.00 bits per heavy atom. The molecule has 0 radical (unpaired) electrons. The predicted octanol–water partition coefficient (Wildman–Crippen LogP) is -0.146. The fraction of sp³-hybridized carbons (Fsp3) is 0.478. The van der Waals surface area contributed by atoms with Crippen molar-refractivity contribution < 1.29 is 38.9 Å². The zero-order chi connectivity index (χ0) is 27.8. The fourth-order valence-electron chi connectivity index (χ4n) is 4.51. The molecule has 2 aromatic rings. The van der Waals surface area contributed by atoms with Crippen LogP contribution in [0, 0.1) is 11.2 Å². The van der Waals surface area contributed by atoms with Gasteiger partial charge in [-0.3, -0.25) is 14.4 Å². The molecule has 14 nitrogen and oxygen atoms in total. The number of halogens is 1. The number of aliphatic carboxylic acids is 2. The third kappa shape index (κ3) is 5.15. The van der Waals surface area contributed by atoms with E-state index in [0.717, 1.165) is 37.7 Å². The van der Waals surface area contributed by atoms with E-state index in [4.69, 9.17) is 20.8 Å². The third-order valence-corrected chi connectivity index (χ3v) is 6.70. The summed E-state index contributed by atoms with van der Waals surface area (Å²) in [5.74, 6) is -4.33. The molecule has 2 saturated heterocycles. The van der Waals surface area contributed by atoms with Crippen molar-refractivity contribution in [1.82, 2.24) is 14.9 Å². The summed E-state index contributed by atoms with van der Waals surface area (Å²) in [4.78, 5) is 54.9. The summed E-state index contributed by atoms with van der Waals surface area (Å²) >= 11 is 0. The van der Waals surface area contributed by atoms with Crippen molar-refractivity contribution in [3.05, 3.63) is 33.9 Å². The average molecular weight is 535 g/mol. The number of aromatic carboxylic acids is 1. The van der Waals surface area contributed by atoms with Crippen molar-refractivity contribution in [3.8, 4) is 0 Å². The summed E-state index contributed by atoms with van der Waals surface area (Å²) in [6.45, 7) is 2.38. The molecule has 2 aromatic heterocycles. The molecule has 4 heterocycles. The van der Waals surface area contributed by atoms with Gasteiger partial charge in [0.2, 0.25) is 5.43 Å². The molecule has 1 aliphatic carbocycles. The Morgan fingerprint density at radius 3 is 2.47 bits per heavy atom. The van der Waals surface area contributed by atoms with E-state index in [1.165, 1.54) is 13.3 Å². The SMILES string of the molecule is CO/N=C1\CN(c2nc3c(cc2F)c(=O)c(C(=O)O)cn3C2CC2)CC12CNC2.NC(CC(=O)O)C(=O)O. The van der Waals surface area contributed by atoms with E-state index < -0.39 is 41.6 Å². The van der Waals surface area contributed by atoms with E-state index in [-0.39, 0.29) is 28.2 Å². The normalized spacial score (nSPS) is 19.6. The molecule has 1 atom stereocenters. The van der Waals surface area contributed by atoms with Gasteiger partial charge >= 0.3 is 17.9 Å². The number of nitrogens with zero attached hydrogens (tertiary/aromatic N) is 4. The van der Waals surface area contributed by atoms with Crippen LogP contribution in [0.25, 0.3) is 11.0 Å². The Bertz CT molecular complexity index is 1380. The number of hydrogen-bond acceptors (Lipinski definition) is 10. The van der Waals surface area contributed by atoms with Crippen LogP contribution in [-0.4, -0.2) is 87.8 Å². The molecular weight excluding hydrogens is 507 g/mol. The first kappa shape index (κ1) is 26.9. The Kier molecular flexibility index (Phi) is 7.33. The highest BCUT2D eigenvalue weighted by atomic mass is 19.1. The predicted molar refractivity (Wildman–Crippen MR) is 131 cm³/mol. The molecule has 5 rings (SSSR count). The van der Waals surface area contributed by atoms with E-state index in [1.54, 1.807) is 9.47 Å². The molecule has 1 spiro atoms. The van der Waals surface area contributed by atoms with Crippen LogP contribution in [0.2, 0.25) is 0 Å². The maximum Gasteiger partial charge on any atom is 0.341 e. The lowest BCUT2D eigenvalue weighted by Crippen LogP contribution is -2.58. The summed E-state index contributed by atoms with van der Waals surface area (Å²) in [5.41, 5.74) is 4.70. The Morgan fingerprint density at radius 1 is 1.32 bits per heavy atom. The van der Waals surface area contributed by atoms with Gasteiger partial charge in [-0.25, -0.2) is 14.2 Å². The largest absolute Gasteiger partial charge is 0.481 e. The van der Waals surface area contributed by atoms with Crippen LogP contribution in [0.5, 0.6) is 0 Å². The molecule has 15 heteroatoms. The highest BCUT2D eigenvalue weighted by molar-refractivity contribution is 5.99. The maximum absolute atomic E-state index is 15.0. The van der Waals surface area contributed by atoms with Crippen molar-refractivity contribution in [2.75, 3.05) is 38.2 Å². The highest BCUT2D eigenvalue weighted by Gasteiger charge is 2.50. The number of rotatable bonds is 7. The minimum Gasteiger partial charge on any atom is -0.481 e.